The molecule has 1 aromatic carbocycles. The number of carboxylic acids is 1. The van der Waals surface area contributed by atoms with Crippen LogP contribution in [0.2, 0.25) is 0 Å². The summed E-state index contributed by atoms with van der Waals surface area (Å²) >= 11 is 0. The van der Waals surface area contributed by atoms with Gasteiger partial charge in [-0.25, -0.2) is 9.78 Å². The molecule has 4 bridgehead atoms. The fourth-order valence-corrected chi connectivity index (χ4v) is 8.79. The molecule has 8 heteroatoms. The van der Waals surface area contributed by atoms with E-state index in [1.165, 1.54) is 76.5 Å². The molecular weight excluding hydrogens is 504 g/mol. The number of piperidine rings is 2. The Morgan fingerprint density at radius 2 is 1.55 bits per heavy atom. The van der Waals surface area contributed by atoms with Crippen molar-refractivity contribution in [3.63, 3.8) is 0 Å². The lowest BCUT2D eigenvalue weighted by Gasteiger charge is -2.54. The summed E-state index contributed by atoms with van der Waals surface area (Å²) in [6.07, 6.45) is 16.6. The number of nitrogens with zero attached hydrogens (tertiary/aromatic N) is 3. The van der Waals surface area contributed by atoms with Crippen LogP contribution in [0.3, 0.4) is 0 Å². The van der Waals surface area contributed by atoms with Gasteiger partial charge in [-0.3, -0.25) is 14.5 Å². The first-order valence-electron chi connectivity index (χ1n) is 15.2. The fourth-order valence-electron chi connectivity index (χ4n) is 8.79. The highest BCUT2D eigenvalue weighted by atomic mass is 16.4. The molecule has 4 aliphatic rings. The van der Waals surface area contributed by atoms with Crippen molar-refractivity contribution in [3.8, 4) is 11.3 Å². The van der Waals surface area contributed by atoms with Crippen LogP contribution in [0.4, 0.5) is 0 Å². The van der Waals surface area contributed by atoms with Gasteiger partial charge in [-0.15, -0.1) is 0 Å². The molecule has 2 aromatic heterocycles. The van der Waals surface area contributed by atoms with Gasteiger partial charge in [0.05, 0.1) is 11.0 Å². The largest absolute Gasteiger partial charge is 0.477 e. The lowest BCUT2D eigenvalue weighted by molar-refractivity contribution is -0.0420. The molecule has 0 amide bonds. The zero-order valence-corrected chi connectivity index (χ0v) is 22.9. The van der Waals surface area contributed by atoms with Gasteiger partial charge < -0.3 is 14.7 Å². The molecule has 2 aliphatic heterocycles. The molecule has 8 nitrogen and oxygen atoms in total. The van der Waals surface area contributed by atoms with Crippen molar-refractivity contribution < 1.29 is 9.90 Å². The van der Waals surface area contributed by atoms with Crippen molar-refractivity contribution in [2.45, 2.75) is 101 Å². The highest BCUT2D eigenvalue weighted by molar-refractivity contribution is 5.88. The predicted molar refractivity (Wildman–Crippen MR) is 154 cm³/mol. The maximum atomic E-state index is 14.2. The Morgan fingerprint density at radius 1 is 0.850 bits per heavy atom. The second-order valence-electron chi connectivity index (χ2n) is 12.7. The number of nitrogens with one attached hydrogen (secondary N) is 1. The van der Waals surface area contributed by atoms with Gasteiger partial charge in [0.15, 0.2) is 0 Å². The number of aromatic nitrogens is 3. The molecule has 2 N–H and O–H groups in total. The van der Waals surface area contributed by atoms with Gasteiger partial charge in [0.2, 0.25) is 0 Å². The van der Waals surface area contributed by atoms with Gasteiger partial charge >= 0.3 is 5.97 Å². The molecule has 0 unspecified atom stereocenters. The number of rotatable bonds is 4. The zero-order valence-electron chi connectivity index (χ0n) is 22.9. The minimum absolute atomic E-state index is 0.0540. The summed E-state index contributed by atoms with van der Waals surface area (Å²) in [5.74, 6) is 0.436. The Bertz CT molecular complexity index is 1530. The summed E-state index contributed by atoms with van der Waals surface area (Å²) in [6.45, 7) is 0. The molecule has 0 radical (unpaired) electrons. The highest BCUT2D eigenvalue weighted by Crippen LogP contribution is 2.47. The molecule has 4 fully saturated rings. The van der Waals surface area contributed by atoms with E-state index < -0.39 is 17.1 Å². The number of pyridine rings is 1. The molecule has 6 atom stereocenters. The Balaban J connectivity index is 1.26. The van der Waals surface area contributed by atoms with Gasteiger partial charge in [0.25, 0.3) is 11.1 Å². The lowest BCUT2D eigenvalue weighted by atomic mass is 9.73. The molecule has 2 saturated heterocycles. The van der Waals surface area contributed by atoms with Crippen LogP contribution in [0.5, 0.6) is 0 Å². The fraction of sp³-hybridized carbons (Fsp3) is 0.562. The third-order valence-electron chi connectivity index (χ3n) is 10.3. The first kappa shape index (κ1) is 25.7. The topological polar surface area (TPSA) is 108 Å². The van der Waals surface area contributed by atoms with E-state index >= 15 is 0 Å². The number of aromatic amines is 1. The molecule has 4 heterocycles. The van der Waals surface area contributed by atoms with Crippen molar-refractivity contribution in [2.24, 2.45) is 11.8 Å². The summed E-state index contributed by atoms with van der Waals surface area (Å²) in [5.41, 5.74) is 0.713. The second-order valence-corrected chi connectivity index (χ2v) is 12.7. The number of hydrogen-bond acceptors (Lipinski definition) is 5. The van der Waals surface area contributed by atoms with E-state index in [0.29, 0.717) is 29.2 Å². The van der Waals surface area contributed by atoms with E-state index in [1.54, 1.807) is 0 Å². The van der Waals surface area contributed by atoms with Crippen LogP contribution < -0.4 is 11.1 Å². The number of carboxylic acid groups (broad SMARTS) is 1. The van der Waals surface area contributed by atoms with E-state index in [-0.39, 0.29) is 17.3 Å². The third-order valence-corrected chi connectivity index (χ3v) is 10.3. The Hall–Kier alpha value is -3.26. The summed E-state index contributed by atoms with van der Waals surface area (Å²) < 4.78 is 1.94. The average molecular weight is 543 g/mol. The van der Waals surface area contributed by atoms with Gasteiger partial charge in [-0.05, 0) is 75.0 Å². The Kier molecular flexibility index (Phi) is 6.61. The van der Waals surface area contributed by atoms with Gasteiger partial charge in [0.1, 0.15) is 11.3 Å². The summed E-state index contributed by atoms with van der Waals surface area (Å²) in [6, 6.07) is 10.7. The zero-order chi connectivity index (χ0) is 27.4. The minimum atomic E-state index is -1.33. The maximum Gasteiger partial charge on any atom is 0.341 e. The van der Waals surface area contributed by atoms with E-state index in [0.717, 1.165) is 30.2 Å². The number of carbonyl (C=O) groups is 1. The van der Waals surface area contributed by atoms with Gasteiger partial charge in [-0.2, -0.15) is 0 Å². The van der Waals surface area contributed by atoms with Crippen molar-refractivity contribution >= 4 is 17.0 Å². The maximum absolute atomic E-state index is 14.2. The Labute approximate surface area is 233 Å². The molecule has 2 aliphatic carbocycles. The molecule has 7 rings (SSSR count). The van der Waals surface area contributed by atoms with Crippen molar-refractivity contribution in [3.05, 3.63) is 62.8 Å². The van der Waals surface area contributed by atoms with E-state index in [2.05, 4.69) is 14.9 Å². The molecule has 3 aromatic rings. The third kappa shape index (κ3) is 4.50. The van der Waals surface area contributed by atoms with Crippen LogP contribution >= 0.6 is 0 Å². The van der Waals surface area contributed by atoms with Crippen LogP contribution in [-0.2, 0) is 0 Å². The molecule has 210 valence electrons. The second kappa shape index (κ2) is 10.3. The minimum Gasteiger partial charge on any atom is -0.477 e. The summed E-state index contributed by atoms with van der Waals surface area (Å²) in [4.78, 5) is 47.9. The van der Waals surface area contributed by atoms with Gasteiger partial charge in [-0.1, -0.05) is 44.2 Å². The number of H-pyrrole nitrogens is 1. The number of benzene rings is 1. The quantitative estimate of drug-likeness (QED) is 0.459. The molecule has 0 spiro atoms. The van der Waals surface area contributed by atoms with Crippen molar-refractivity contribution in [1.29, 1.82) is 0 Å². The number of hydrogen-bond donors (Lipinski definition) is 2. The molecule has 40 heavy (non-hydrogen) atoms. The highest BCUT2D eigenvalue weighted by Gasteiger charge is 2.45. The average Bonchev–Trinajstić information content (AvgIpc) is 3.11. The number of aromatic carboxylic acids is 1. The molecule has 2 saturated carbocycles. The van der Waals surface area contributed by atoms with Gasteiger partial charge in [0, 0.05) is 35.9 Å². The van der Waals surface area contributed by atoms with Crippen LogP contribution in [-0.4, -0.2) is 48.6 Å². The number of fused-ring (bicyclic) bond motifs is 5. The monoisotopic (exact) mass is 542 g/mol. The summed E-state index contributed by atoms with van der Waals surface area (Å²) in [7, 11) is 0. The SMILES string of the molecule is O=C(O)c1cc(-c2nc3ccccc3n([C@@H]3C[C@H]4CCC[C@@H](C3)N4[C@@H]3C[C@@H]4CCCC[C@@H](C4)C3)c2=O)c[nH]c1=O. The first-order valence-corrected chi connectivity index (χ1v) is 15.2. The standard InChI is InChI=1S/C32H38N4O4/c37-30-26(32(39)40)15-21(18-33-30)29-31(38)36(28-11-4-3-10-27(28)34-29)25-16-22-8-5-9-23(17-25)35(22)24-13-19-6-1-2-7-20(12-19)14-24/h3-4,10-11,15,18-20,22-25H,1-2,5-9,12-14,16-17H2,(H,33,37)(H,39,40)/t19-,20+,22-,23+,24-,25-. The molecular formula is C32H38N4O4. The van der Waals surface area contributed by atoms with Crippen LogP contribution in [0.1, 0.15) is 93.4 Å². The Morgan fingerprint density at radius 3 is 2.25 bits per heavy atom. The number of para-hydroxylation sites is 2. The van der Waals surface area contributed by atoms with Crippen LogP contribution in [0.15, 0.2) is 46.1 Å². The first-order chi connectivity index (χ1) is 19.5. The van der Waals surface area contributed by atoms with Crippen LogP contribution in [0.25, 0.3) is 22.3 Å². The van der Waals surface area contributed by atoms with Crippen LogP contribution in [0, 0.1) is 11.8 Å². The lowest BCUT2D eigenvalue weighted by Crippen LogP contribution is -2.58. The van der Waals surface area contributed by atoms with Crippen molar-refractivity contribution in [2.75, 3.05) is 0 Å². The predicted octanol–water partition coefficient (Wildman–Crippen LogP) is 5.37. The van der Waals surface area contributed by atoms with Crippen molar-refractivity contribution in [1.82, 2.24) is 19.4 Å². The smallest absolute Gasteiger partial charge is 0.341 e. The summed E-state index contributed by atoms with van der Waals surface area (Å²) in [5, 5.41) is 9.50. The van der Waals surface area contributed by atoms with E-state index in [9.17, 15) is 19.5 Å². The van der Waals surface area contributed by atoms with E-state index in [1.807, 2.05) is 28.8 Å². The normalized spacial score (nSPS) is 30.6. The van der Waals surface area contributed by atoms with E-state index in [4.69, 9.17) is 0 Å².